The van der Waals surface area contributed by atoms with Crippen molar-refractivity contribution in [2.24, 2.45) is 0 Å². The van der Waals surface area contributed by atoms with Crippen LogP contribution in [-0.2, 0) is 0 Å². The van der Waals surface area contributed by atoms with Crippen molar-refractivity contribution in [3.05, 3.63) is 59.8 Å². The second-order valence-electron chi connectivity index (χ2n) is 3.34. The third-order valence-corrected chi connectivity index (χ3v) is 2.20. The van der Waals surface area contributed by atoms with E-state index in [-0.39, 0.29) is 0 Å². The molecule has 82 valence electrons. The van der Waals surface area contributed by atoms with Crippen LogP contribution in [0.1, 0.15) is 11.1 Å². The molecular weight excluding hydrogens is 212 g/mol. The number of nitrogens with zero attached hydrogens (tertiary/aromatic N) is 2. The Morgan fingerprint density at radius 2 is 1.88 bits per heavy atom. The van der Waals surface area contributed by atoms with Gasteiger partial charge < -0.3 is 4.74 Å². The standard InChI is InChI=1S/C14H10N2O/c15-11-17-14-13(7-4-10-16-14)9-8-12-5-2-1-3-6-12/h1-10H. The maximum absolute atomic E-state index is 8.49. The Morgan fingerprint density at radius 1 is 1.06 bits per heavy atom. The fraction of sp³-hybridized carbons (Fsp3) is 0. The van der Waals surface area contributed by atoms with Gasteiger partial charge in [-0.15, -0.1) is 5.26 Å². The van der Waals surface area contributed by atoms with Crippen molar-refractivity contribution in [1.82, 2.24) is 4.98 Å². The van der Waals surface area contributed by atoms with Gasteiger partial charge in [-0.1, -0.05) is 36.4 Å². The van der Waals surface area contributed by atoms with Crippen molar-refractivity contribution in [3.8, 4) is 12.1 Å². The lowest BCUT2D eigenvalue weighted by atomic mass is 10.1. The van der Waals surface area contributed by atoms with Crippen molar-refractivity contribution in [2.75, 3.05) is 0 Å². The van der Waals surface area contributed by atoms with Crippen LogP contribution in [0.4, 0.5) is 0 Å². The minimum atomic E-state index is 0.321. The van der Waals surface area contributed by atoms with E-state index in [0.29, 0.717) is 5.88 Å². The minimum Gasteiger partial charge on any atom is -0.367 e. The molecular formula is C14H10N2O. The predicted molar refractivity (Wildman–Crippen MR) is 65.8 cm³/mol. The van der Waals surface area contributed by atoms with Crippen LogP contribution in [-0.4, -0.2) is 4.98 Å². The van der Waals surface area contributed by atoms with E-state index in [0.717, 1.165) is 11.1 Å². The minimum absolute atomic E-state index is 0.321. The smallest absolute Gasteiger partial charge is 0.293 e. The molecule has 0 aliphatic rings. The quantitative estimate of drug-likeness (QED) is 0.749. The molecule has 0 radical (unpaired) electrons. The monoisotopic (exact) mass is 222 g/mol. The van der Waals surface area contributed by atoms with Gasteiger partial charge >= 0.3 is 0 Å². The lowest BCUT2D eigenvalue weighted by Crippen LogP contribution is -1.89. The number of aromatic nitrogens is 1. The fourth-order valence-corrected chi connectivity index (χ4v) is 1.41. The zero-order chi connectivity index (χ0) is 11.9. The second kappa shape index (κ2) is 5.47. The highest BCUT2D eigenvalue weighted by atomic mass is 16.5. The zero-order valence-corrected chi connectivity index (χ0v) is 9.08. The summed E-state index contributed by atoms with van der Waals surface area (Å²) in [6.45, 7) is 0. The van der Waals surface area contributed by atoms with Gasteiger partial charge in [0, 0.05) is 11.8 Å². The average molecular weight is 222 g/mol. The summed E-state index contributed by atoms with van der Waals surface area (Å²) in [6, 6.07) is 13.5. The van der Waals surface area contributed by atoms with Crippen LogP contribution >= 0.6 is 0 Å². The van der Waals surface area contributed by atoms with E-state index in [4.69, 9.17) is 10.00 Å². The van der Waals surface area contributed by atoms with Crippen LogP contribution in [0.25, 0.3) is 12.2 Å². The van der Waals surface area contributed by atoms with Gasteiger partial charge in [-0.3, -0.25) is 0 Å². The molecule has 0 spiro atoms. The Morgan fingerprint density at radius 3 is 2.65 bits per heavy atom. The van der Waals surface area contributed by atoms with Gasteiger partial charge in [0.15, 0.2) is 0 Å². The first-order valence-corrected chi connectivity index (χ1v) is 5.14. The summed E-state index contributed by atoms with van der Waals surface area (Å²) in [6.07, 6.45) is 7.03. The van der Waals surface area contributed by atoms with Crippen molar-refractivity contribution in [1.29, 1.82) is 5.26 Å². The van der Waals surface area contributed by atoms with E-state index in [2.05, 4.69) is 4.98 Å². The molecule has 2 rings (SSSR count). The molecule has 0 atom stereocenters. The molecule has 0 aliphatic heterocycles. The lowest BCUT2D eigenvalue weighted by Gasteiger charge is -1.99. The van der Waals surface area contributed by atoms with E-state index in [1.54, 1.807) is 18.5 Å². The van der Waals surface area contributed by atoms with Gasteiger partial charge in [0.2, 0.25) is 5.88 Å². The number of hydrogen-bond donors (Lipinski definition) is 0. The number of ether oxygens (including phenoxy) is 1. The van der Waals surface area contributed by atoms with Gasteiger partial charge in [0.1, 0.15) is 0 Å². The second-order valence-corrected chi connectivity index (χ2v) is 3.34. The van der Waals surface area contributed by atoms with Crippen LogP contribution in [0.15, 0.2) is 48.7 Å². The molecule has 3 heteroatoms. The molecule has 0 bridgehead atoms. The van der Waals surface area contributed by atoms with E-state index in [1.165, 1.54) is 0 Å². The highest BCUT2D eigenvalue weighted by Crippen LogP contribution is 2.17. The third-order valence-electron chi connectivity index (χ3n) is 2.20. The Bertz CT molecular complexity index is 556. The molecule has 0 saturated carbocycles. The Kier molecular flexibility index (Phi) is 3.51. The molecule has 0 unspecified atom stereocenters. The summed E-state index contributed by atoms with van der Waals surface area (Å²) in [5, 5.41) is 8.49. The molecule has 1 aromatic carbocycles. The first-order valence-electron chi connectivity index (χ1n) is 5.14. The molecule has 1 aromatic heterocycles. The molecule has 0 amide bonds. The lowest BCUT2D eigenvalue weighted by molar-refractivity contribution is 0.485. The normalized spacial score (nSPS) is 10.1. The molecule has 0 aliphatic carbocycles. The molecule has 0 fully saturated rings. The molecule has 3 nitrogen and oxygen atoms in total. The fourth-order valence-electron chi connectivity index (χ4n) is 1.41. The van der Waals surface area contributed by atoms with E-state index in [9.17, 15) is 0 Å². The van der Waals surface area contributed by atoms with Crippen LogP contribution in [0.5, 0.6) is 5.88 Å². The zero-order valence-electron chi connectivity index (χ0n) is 9.08. The molecule has 0 saturated heterocycles. The largest absolute Gasteiger partial charge is 0.367 e. The van der Waals surface area contributed by atoms with Crippen molar-refractivity contribution >= 4 is 12.2 Å². The van der Waals surface area contributed by atoms with E-state index in [1.807, 2.05) is 48.6 Å². The van der Waals surface area contributed by atoms with Crippen molar-refractivity contribution in [3.63, 3.8) is 0 Å². The maximum atomic E-state index is 8.49. The first kappa shape index (κ1) is 10.9. The van der Waals surface area contributed by atoms with Crippen LogP contribution in [0, 0.1) is 11.5 Å². The SMILES string of the molecule is N#COc1ncccc1C=Cc1ccccc1. The summed E-state index contributed by atoms with van der Waals surface area (Å²) in [4.78, 5) is 3.98. The number of nitriles is 1. The van der Waals surface area contributed by atoms with Gasteiger partial charge in [0.05, 0.1) is 0 Å². The summed E-state index contributed by atoms with van der Waals surface area (Å²) in [5.74, 6) is 0.321. The number of hydrogen-bond acceptors (Lipinski definition) is 3. The topological polar surface area (TPSA) is 45.9 Å². The molecule has 2 aromatic rings. The Balaban J connectivity index is 2.25. The van der Waals surface area contributed by atoms with Crippen LogP contribution < -0.4 is 4.74 Å². The Labute approximate surface area is 99.6 Å². The van der Waals surface area contributed by atoms with E-state index < -0.39 is 0 Å². The maximum Gasteiger partial charge on any atom is 0.293 e. The predicted octanol–water partition coefficient (Wildman–Crippen LogP) is 3.11. The van der Waals surface area contributed by atoms with Gasteiger partial charge in [-0.2, -0.15) is 0 Å². The Hall–Kier alpha value is -2.60. The number of pyridine rings is 1. The van der Waals surface area contributed by atoms with Crippen molar-refractivity contribution < 1.29 is 4.74 Å². The molecule has 17 heavy (non-hydrogen) atoms. The van der Waals surface area contributed by atoms with Crippen LogP contribution in [0.3, 0.4) is 0 Å². The third kappa shape index (κ3) is 2.93. The van der Waals surface area contributed by atoms with Crippen molar-refractivity contribution in [2.45, 2.75) is 0 Å². The number of benzene rings is 1. The van der Waals surface area contributed by atoms with Gasteiger partial charge in [-0.25, -0.2) is 4.98 Å². The van der Waals surface area contributed by atoms with E-state index >= 15 is 0 Å². The summed E-state index contributed by atoms with van der Waals surface area (Å²) in [7, 11) is 0. The first-order chi connectivity index (χ1) is 8.40. The number of rotatable bonds is 3. The van der Waals surface area contributed by atoms with Gasteiger partial charge in [0.25, 0.3) is 6.26 Å². The summed E-state index contributed by atoms with van der Waals surface area (Å²) >= 11 is 0. The summed E-state index contributed by atoms with van der Waals surface area (Å²) < 4.78 is 4.77. The summed E-state index contributed by atoms with van der Waals surface area (Å²) in [5.41, 5.74) is 1.86. The van der Waals surface area contributed by atoms with Gasteiger partial charge in [-0.05, 0) is 23.8 Å². The molecule has 1 heterocycles. The van der Waals surface area contributed by atoms with Crippen LogP contribution in [0.2, 0.25) is 0 Å². The highest BCUT2D eigenvalue weighted by molar-refractivity contribution is 5.71. The molecule has 0 N–H and O–H groups in total. The highest BCUT2D eigenvalue weighted by Gasteiger charge is 2.00. The average Bonchev–Trinajstić information content (AvgIpc) is 2.39.